The van der Waals surface area contributed by atoms with Crippen LogP contribution in [0.3, 0.4) is 0 Å². The number of carbonyl (C=O) groups excluding carboxylic acids is 2. The molecule has 1 atom stereocenters. The van der Waals surface area contributed by atoms with Crippen LogP contribution >= 0.6 is 11.8 Å². The zero-order chi connectivity index (χ0) is 18.5. The third kappa shape index (κ3) is 4.40. The molecule has 3 N–H and O–H groups in total. The van der Waals surface area contributed by atoms with E-state index in [1.54, 1.807) is 6.92 Å². The van der Waals surface area contributed by atoms with Gasteiger partial charge in [-0.15, -0.1) is 0 Å². The molecule has 140 valence electrons. The number of rotatable bonds is 5. The largest absolute Gasteiger partial charge is 0.463 e. The number of ether oxygens (including phenoxy) is 1. The first-order chi connectivity index (χ1) is 12.6. The van der Waals surface area contributed by atoms with Gasteiger partial charge in [0.05, 0.1) is 37.0 Å². The molecule has 1 aromatic carbocycles. The zero-order valence-corrected chi connectivity index (χ0v) is 16.1. The van der Waals surface area contributed by atoms with Crippen LogP contribution in [0, 0.1) is 6.92 Å². The number of thioether (sulfide) groups is 1. The van der Waals surface area contributed by atoms with Gasteiger partial charge in [-0.25, -0.2) is 9.59 Å². The molecule has 1 fully saturated rings. The highest BCUT2D eigenvalue weighted by Crippen LogP contribution is 2.27. The van der Waals surface area contributed by atoms with E-state index in [0.717, 1.165) is 35.7 Å². The quantitative estimate of drug-likeness (QED) is 0.665. The Hall–Kier alpha value is -1.99. The maximum Gasteiger partial charge on any atom is 0.338 e. The number of urea groups is 1. The summed E-state index contributed by atoms with van der Waals surface area (Å²) in [6, 6.07) is 7.11. The van der Waals surface area contributed by atoms with Crippen LogP contribution in [0.25, 0.3) is 0 Å². The Bertz CT molecular complexity index is 696. The van der Waals surface area contributed by atoms with Gasteiger partial charge in [-0.05, 0) is 19.4 Å². The minimum Gasteiger partial charge on any atom is -0.463 e. The fraction of sp³-hybridized carbons (Fsp3) is 0.474. The highest BCUT2D eigenvalue weighted by molar-refractivity contribution is 7.99. The van der Waals surface area contributed by atoms with Gasteiger partial charge in [0, 0.05) is 11.5 Å². The molecule has 0 aromatic heterocycles. The zero-order valence-electron chi connectivity index (χ0n) is 15.3. The normalized spacial score (nSPS) is 21.2. The minimum atomic E-state index is -0.489. The van der Waals surface area contributed by atoms with E-state index < -0.39 is 6.04 Å². The molecule has 0 aliphatic carbocycles. The second-order valence-electron chi connectivity index (χ2n) is 6.59. The number of hydrogen-bond acceptors (Lipinski definition) is 4. The van der Waals surface area contributed by atoms with Gasteiger partial charge < -0.3 is 20.3 Å². The Kier molecular flexibility index (Phi) is 6.21. The molecule has 2 aliphatic heterocycles. The number of amides is 2. The summed E-state index contributed by atoms with van der Waals surface area (Å²) in [5.74, 6) is 1.84. The Labute approximate surface area is 158 Å². The average Bonchev–Trinajstić information content (AvgIpc) is 2.63. The summed E-state index contributed by atoms with van der Waals surface area (Å²) < 4.78 is 5.31. The van der Waals surface area contributed by atoms with Crippen LogP contribution in [0.1, 0.15) is 24.1 Å². The van der Waals surface area contributed by atoms with Crippen LogP contribution in [0.4, 0.5) is 4.79 Å². The number of carbonyl (C=O) groups is 2. The molecular weight excluding hydrogens is 350 g/mol. The lowest BCUT2D eigenvalue weighted by Crippen LogP contribution is -3.14. The Morgan fingerprint density at radius 3 is 2.62 bits per heavy atom. The molecule has 0 spiro atoms. The Morgan fingerprint density at radius 1 is 1.27 bits per heavy atom. The summed E-state index contributed by atoms with van der Waals surface area (Å²) >= 11 is 1.95. The lowest BCUT2D eigenvalue weighted by molar-refractivity contribution is -0.891. The van der Waals surface area contributed by atoms with Gasteiger partial charge in [-0.3, -0.25) is 0 Å². The first-order valence-electron chi connectivity index (χ1n) is 9.04. The number of quaternary nitrogens is 1. The van der Waals surface area contributed by atoms with Crippen molar-refractivity contribution in [3.05, 3.63) is 46.7 Å². The Morgan fingerprint density at radius 2 is 1.96 bits per heavy atom. The lowest BCUT2D eigenvalue weighted by atomic mass is 9.94. The van der Waals surface area contributed by atoms with E-state index in [2.05, 4.69) is 10.6 Å². The van der Waals surface area contributed by atoms with Crippen LogP contribution in [-0.4, -0.2) is 49.7 Å². The summed E-state index contributed by atoms with van der Waals surface area (Å²) in [5.41, 5.74) is 3.21. The lowest BCUT2D eigenvalue weighted by Gasteiger charge is -2.31. The van der Waals surface area contributed by atoms with Crippen LogP contribution in [-0.2, 0) is 9.53 Å². The van der Waals surface area contributed by atoms with Crippen LogP contribution < -0.4 is 15.5 Å². The molecule has 1 aromatic rings. The maximum absolute atomic E-state index is 12.7. The van der Waals surface area contributed by atoms with Crippen molar-refractivity contribution < 1.29 is 19.2 Å². The Balaban J connectivity index is 1.96. The smallest absolute Gasteiger partial charge is 0.338 e. The molecule has 7 heteroatoms. The van der Waals surface area contributed by atoms with E-state index in [0.29, 0.717) is 24.4 Å². The van der Waals surface area contributed by atoms with Gasteiger partial charge in [0.2, 0.25) is 0 Å². The topological polar surface area (TPSA) is 71.9 Å². The van der Waals surface area contributed by atoms with Crippen LogP contribution in [0.15, 0.2) is 35.5 Å². The molecule has 26 heavy (non-hydrogen) atoms. The highest BCUT2D eigenvalue weighted by Gasteiger charge is 2.35. The van der Waals surface area contributed by atoms with Crippen LogP contribution in [0.2, 0.25) is 0 Å². The molecular formula is C19H26N3O3S+. The minimum absolute atomic E-state index is 0.274. The third-order valence-corrected chi connectivity index (χ3v) is 5.67. The third-order valence-electron chi connectivity index (χ3n) is 4.69. The SMILES string of the molecule is CCOC(=O)C1=C(C[NH+]2CCSCC2)NC(=O)N[C@H]1c1ccc(C)cc1. The van der Waals surface area contributed by atoms with E-state index in [-0.39, 0.29) is 12.0 Å². The molecule has 1 saturated heterocycles. The van der Waals surface area contributed by atoms with E-state index in [1.165, 1.54) is 4.90 Å². The van der Waals surface area contributed by atoms with E-state index >= 15 is 0 Å². The first kappa shape index (κ1) is 18.8. The van der Waals surface area contributed by atoms with Crippen molar-refractivity contribution in [2.24, 2.45) is 0 Å². The summed E-state index contributed by atoms with van der Waals surface area (Å²) in [6.45, 7) is 6.80. The number of benzene rings is 1. The highest BCUT2D eigenvalue weighted by atomic mass is 32.2. The number of hydrogen-bond donors (Lipinski definition) is 3. The second kappa shape index (κ2) is 8.60. The molecule has 0 saturated carbocycles. The maximum atomic E-state index is 12.7. The molecule has 3 rings (SSSR count). The van der Waals surface area contributed by atoms with Gasteiger partial charge in [-0.1, -0.05) is 29.8 Å². The van der Waals surface area contributed by atoms with Gasteiger partial charge in [0.15, 0.2) is 0 Å². The second-order valence-corrected chi connectivity index (χ2v) is 7.82. The molecule has 2 aliphatic rings. The van der Waals surface area contributed by atoms with Gasteiger partial charge in [0.1, 0.15) is 6.54 Å². The predicted molar refractivity (Wildman–Crippen MR) is 102 cm³/mol. The number of nitrogens with one attached hydrogen (secondary N) is 3. The standard InChI is InChI=1S/C19H25N3O3S/c1-3-25-18(23)16-15(12-22-8-10-26-11-9-22)20-19(24)21-17(16)14-6-4-13(2)5-7-14/h4-7,17H,3,8-12H2,1-2H3,(H2,20,21,24)/p+1/t17-/m0/s1. The van der Waals surface area contributed by atoms with Crippen molar-refractivity contribution in [1.29, 1.82) is 0 Å². The van der Waals surface area contributed by atoms with Gasteiger partial charge >= 0.3 is 12.0 Å². The van der Waals surface area contributed by atoms with Crippen molar-refractivity contribution in [3.8, 4) is 0 Å². The monoisotopic (exact) mass is 376 g/mol. The predicted octanol–water partition coefficient (Wildman–Crippen LogP) is 0.798. The molecule has 0 bridgehead atoms. The van der Waals surface area contributed by atoms with E-state index in [9.17, 15) is 9.59 Å². The summed E-state index contributed by atoms with van der Waals surface area (Å²) in [6.07, 6.45) is 0. The summed E-state index contributed by atoms with van der Waals surface area (Å²) in [4.78, 5) is 26.4. The summed E-state index contributed by atoms with van der Waals surface area (Å²) in [5, 5.41) is 5.75. The van der Waals surface area contributed by atoms with Crippen molar-refractivity contribution >= 4 is 23.8 Å². The van der Waals surface area contributed by atoms with Crippen molar-refractivity contribution in [2.45, 2.75) is 19.9 Å². The molecule has 0 unspecified atom stereocenters. The fourth-order valence-corrected chi connectivity index (χ4v) is 4.37. The molecule has 2 heterocycles. The van der Waals surface area contributed by atoms with Gasteiger partial charge in [0.25, 0.3) is 0 Å². The molecule has 0 radical (unpaired) electrons. The van der Waals surface area contributed by atoms with E-state index in [4.69, 9.17) is 4.74 Å². The number of esters is 1. The van der Waals surface area contributed by atoms with Crippen molar-refractivity contribution in [1.82, 2.24) is 10.6 Å². The van der Waals surface area contributed by atoms with Crippen LogP contribution in [0.5, 0.6) is 0 Å². The molecule has 2 amide bonds. The first-order valence-corrected chi connectivity index (χ1v) is 10.2. The van der Waals surface area contributed by atoms with Crippen molar-refractivity contribution in [2.75, 3.05) is 37.7 Å². The fourth-order valence-electron chi connectivity index (χ4n) is 3.30. The summed E-state index contributed by atoms with van der Waals surface area (Å²) in [7, 11) is 0. The van der Waals surface area contributed by atoms with Gasteiger partial charge in [-0.2, -0.15) is 11.8 Å². The average molecular weight is 377 g/mol. The van der Waals surface area contributed by atoms with E-state index in [1.807, 2.05) is 43.0 Å². The molecule has 6 nitrogen and oxygen atoms in total. The van der Waals surface area contributed by atoms with Crippen molar-refractivity contribution in [3.63, 3.8) is 0 Å². The number of aryl methyl sites for hydroxylation is 1.